The molecule has 1 aromatic heterocycles. The Morgan fingerprint density at radius 1 is 0.966 bits per heavy atom. The number of piperidine rings is 1. The molecular formula is C24H30N4O. The largest absolute Gasteiger partial charge is 0.361 e. The molecule has 3 N–H and O–H groups in total. The number of carbonyl (C=O) groups is 1. The van der Waals surface area contributed by atoms with E-state index in [2.05, 4.69) is 56.9 Å². The van der Waals surface area contributed by atoms with Crippen molar-refractivity contribution in [3.05, 3.63) is 65.9 Å². The summed E-state index contributed by atoms with van der Waals surface area (Å²) in [5.74, 6) is 0.0977. The third-order valence-electron chi connectivity index (χ3n) is 5.66. The van der Waals surface area contributed by atoms with E-state index in [1.54, 1.807) is 0 Å². The van der Waals surface area contributed by atoms with Crippen molar-refractivity contribution in [2.45, 2.75) is 38.8 Å². The average molecular weight is 391 g/mol. The van der Waals surface area contributed by atoms with Gasteiger partial charge in [-0.25, -0.2) is 0 Å². The van der Waals surface area contributed by atoms with Crippen molar-refractivity contribution >= 4 is 22.5 Å². The van der Waals surface area contributed by atoms with Gasteiger partial charge in [0.2, 0.25) is 5.91 Å². The Bertz CT molecular complexity index is 925. The molecule has 0 spiro atoms. The van der Waals surface area contributed by atoms with E-state index >= 15 is 0 Å². The van der Waals surface area contributed by atoms with Gasteiger partial charge in [-0.15, -0.1) is 0 Å². The fraction of sp³-hybridized carbons (Fsp3) is 0.375. The molecule has 0 bridgehead atoms. The number of anilines is 1. The van der Waals surface area contributed by atoms with Gasteiger partial charge < -0.3 is 20.5 Å². The van der Waals surface area contributed by atoms with Crippen LogP contribution in [-0.4, -0.2) is 35.4 Å². The van der Waals surface area contributed by atoms with Gasteiger partial charge in [-0.05, 0) is 60.6 Å². The van der Waals surface area contributed by atoms with Gasteiger partial charge in [0, 0.05) is 43.5 Å². The summed E-state index contributed by atoms with van der Waals surface area (Å²) in [4.78, 5) is 17.9. The second-order valence-corrected chi connectivity index (χ2v) is 7.86. The van der Waals surface area contributed by atoms with Gasteiger partial charge in [0.05, 0.1) is 0 Å². The van der Waals surface area contributed by atoms with Crippen LogP contribution in [0, 0.1) is 0 Å². The van der Waals surface area contributed by atoms with Crippen molar-refractivity contribution in [3.63, 3.8) is 0 Å². The Morgan fingerprint density at radius 3 is 2.62 bits per heavy atom. The lowest BCUT2D eigenvalue weighted by Crippen LogP contribution is -2.32. The lowest BCUT2D eigenvalue weighted by atomic mass is 10.1. The van der Waals surface area contributed by atoms with E-state index in [0.717, 1.165) is 38.4 Å². The lowest BCUT2D eigenvalue weighted by molar-refractivity contribution is -0.116. The summed E-state index contributed by atoms with van der Waals surface area (Å²) in [6, 6.07) is 16.6. The summed E-state index contributed by atoms with van der Waals surface area (Å²) in [6.07, 6.45) is 6.39. The molecule has 1 amide bonds. The Kier molecular flexibility index (Phi) is 6.60. The van der Waals surface area contributed by atoms with Crippen LogP contribution < -0.4 is 10.6 Å². The third-order valence-corrected chi connectivity index (χ3v) is 5.66. The van der Waals surface area contributed by atoms with E-state index in [0.29, 0.717) is 6.42 Å². The molecule has 1 aliphatic heterocycles. The smallest absolute Gasteiger partial charge is 0.225 e. The van der Waals surface area contributed by atoms with Crippen molar-refractivity contribution in [2.75, 3.05) is 25.0 Å². The van der Waals surface area contributed by atoms with Crippen molar-refractivity contribution in [3.8, 4) is 0 Å². The van der Waals surface area contributed by atoms with Crippen LogP contribution in [0.15, 0.2) is 54.7 Å². The zero-order valence-corrected chi connectivity index (χ0v) is 16.9. The molecule has 5 heteroatoms. The number of amides is 1. The number of carbonyl (C=O) groups excluding carboxylic acids is 1. The molecule has 0 unspecified atom stereocenters. The van der Waals surface area contributed by atoms with E-state index in [1.807, 2.05) is 18.3 Å². The number of benzene rings is 2. The zero-order valence-electron chi connectivity index (χ0n) is 16.9. The van der Waals surface area contributed by atoms with E-state index in [9.17, 15) is 4.79 Å². The van der Waals surface area contributed by atoms with Gasteiger partial charge in [0.15, 0.2) is 0 Å². The third kappa shape index (κ3) is 5.46. The monoisotopic (exact) mass is 390 g/mol. The number of rotatable bonds is 8. The molecule has 152 valence electrons. The number of nitrogens with zero attached hydrogens (tertiary/aromatic N) is 1. The summed E-state index contributed by atoms with van der Waals surface area (Å²) in [6.45, 7) is 4.73. The number of hydrogen-bond donors (Lipinski definition) is 3. The SMILES string of the molecule is O=C(CCN1CCCCC1)Nc1ccc(CNCc2cccc3cc[nH]c23)cc1. The Hall–Kier alpha value is -2.63. The summed E-state index contributed by atoms with van der Waals surface area (Å²) >= 11 is 0. The van der Waals surface area contributed by atoms with E-state index in [4.69, 9.17) is 0 Å². The van der Waals surface area contributed by atoms with E-state index < -0.39 is 0 Å². The molecule has 1 fully saturated rings. The van der Waals surface area contributed by atoms with Crippen LogP contribution in [0.5, 0.6) is 0 Å². The first-order valence-electron chi connectivity index (χ1n) is 10.6. The zero-order chi connectivity index (χ0) is 19.9. The number of nitrogens with one attached hydrogen (secondary N) is 3. The van der Waals surface area contributed by atoms with Gasteiger partial charge >= 0.3 is 0 Å². The number of H-pyrrole nitrogens is 1. The number of aromatic amines is 1. The standard InChI is InChI=1S/C24H30N4O/c29-23(12-16-28-14-2-1-3-15-28)27-22-9-7-19(8-10-22)17-25-18-21-6-4-5-20-11-13-26-24(20)21/h4-11,13,25-26H,1-3,12,14-18H2,(H,27,29). The molecule has 0 saturated carbocycles. The minimum absolute atomic E-state index is 0.0977. The van der Waals surface area contributed by atoms with Crippen LogP contribution in [-0.2, 0) is 17.9 Å². The molecule has 0 aliphatic carbocycles. The highest BCUT2D eigenvalue weighted by Crippen LogP contribution is 2.17. The van der Waals surface area contributed by atoms with Gasteiger partial charge in [0.25, 0.3) is 0 Å². The molecule has 1 aliphatic rings. The summed E-state index contributed by atoms with van der Waals surface area (Å²) in [5.41, 5.74) is 4.54. The average Bonchev–Trinajstić information content (AvgIpc) is 3.24. The van der Waals surface area contributed by atoms with Gasteiger partial charge in [-0.3, -0.25) is 4.79 Å². The maximum Gasteiger partial charge on any atom is 0.225 e. The first-order valence-corrected chi connectivity index (χ1v) is 10.6. The van der Waals surface area contributed by atoms with Crippen LogP contribution in [0.4, 0.5) is 5.69 Å². The summed E-state index contributed by atoms with van der Waals surface area (Å²) < 4.78 is 0. The predicted molar refractivity (Wildman–Crippen MR) is 119 cm³/mol. The van der Waals surface area contributed by atoms with E-state index in [-0.39, 0.29) is 5.91 Å². The van der Waals surface area contributed by atoms with Crippen LogP contribution in [0.25, 0.3) is 10.9 Å². The number of likely N-dealkylation sites (tertiary alicyclic amines) is 1. The van der Waals surface area contributed by atoms with Gasteiger partial charge in [-0.2, -0.15) is 0 Å². The topological polar surface area (TPSA) is 60.2 Å². The highest BCUT2D eigenvalue weighted by atomic mass is 16.1. The fourth-order valence-corrected chi connectivity index (χ4v) is 4.01. The number of hydrogen-bond acceptors (Lipinski definition) is 3. The first-order chi connectivity index (χ1) is 14.3. The Morgan fingerprint density at radius 2 is 1.79 bits per heavy atom. The quantitative estimate of drug-likeness (QED) is 0.538. The minimum atomic E-state index is 0.0977. The molecule has 1 saturated heterocycles. The molecule has 5 nitrogen and oxygen atoms in total. The predicted octanol–water partition coefficient (Wildman–Crippen LogP) is 4.27. The number of fused-ring (bicyclic) bond motifs is 1. The molecular weight excluding hydrogens is 360 g/mol. The van der Waals surface area contributed by atoms with Crippen molar-refractivity contribution in [1.29, 1.82) is 0 Å². The van der Waals surface area contributed by atoms with E-state index in [1.165, 1.54) is 41.3 Å². The molecule has 29 heavy (non-hydrogen) atoms. The second kappa shape index (κ2) is 9.72. The van der Waals surface area contributed by atoms with Crippen molar-refractivity contribution in [1.82, 2.24) is 15.2 Å². The number of para-hydroxylation sites is 1. The highest BCUT2D eigenvalue weighted by molar-refractivity contribution is 5.90. The lowest BCUT2D eigenvalue weighted by Gasteiger charge is -2.25. The summed E-state index contributed by atoms with van der Waals surface area (Å²) in [5, 5.41) is 7.76. The number of aromatic nitrogens is 1. The molecule has 3 aromatic rings. The minimum Gasteiger partial charge on any atom is -0.361 e. The Labute approximate surface area is 172 Å². The molecule has 2 aromatic carbocycles. The van der Waals surface area contributed by atoms with Gasteiger partial charge in [0.1, 0.15) is 0 Å². The van der Waals surface area contributed by atoms with Crippen LogP contribution in [0.1, 0.15) is 36.8 Å². The summed E-state index contributed by atoms with van der Waals surface area (Å²) in [7, 11) is 0. The van der Waals surface area contributed by atoms with Crippen molar-refractivity contribution < 1.29 is 4.79 Å². The second-order valence-electron chi connectivity index (χ2n) is 7.86. The molecule has 0 atom stereocenters. The normalized spacial score (nSPS) is 14.9. The van der Waals surface area contributed by atoms with Crippen LogP contribution in [0.2, 0.25) is 0 Å². The highest BCUT2D eigenvalue weighted by Gasteiger charge is 2.11. The molecule has 0 radical (unpaired) electrons. The van der Waals surface area contributed by atoms with Crippen LogP contribution in [0.3, 0.4) is 0 Å². The molecule has 2 heterocycles. The van der Waals surface area contributed by atoms with Crippen LogP contribution >= 0.6 is 0 Å². The first kappa shape index (κ1) is 19.7. The Balaban J connectivity index is 1.21. The molecule has 4 rings (SSSR count). The van der Waals surface area contributed by atoms with Gasteiger partial charge in [-0.1, -0.05) is 36.8 Å². The maximum absolute atomic E-state index is 12.2. The van der Waals surface area contributed by atoms with Crippen molar-refractivity contribution in [2.24, 2.45) is 0 Å². The maximum atomic E-state index is 12.2. The fourth-order valence-electron chi connectivity index (χ4n) is 4.01.